The third-order valence-electron chi connectivity index (χ3n) is 7.12. The number of para-hydroxylation sites is 2. The zero-order valence-corrected chi connectivity index (χ0v) is 15.5. The van der Waals surface area contributed by atoms with Crippen LogP contribution in [0.25, 0.3) is 10.9 Å². The number of aromatic amines is 1. The molecule has 3 heteroatoms. The normalized spacial score (nSPS) is 23.2. The number of H-pyrrole nitrogens is 1. The van der Waals surface area contributed by atoms with Gasteiger partial charge in [0.1, 0.15) is 5.54 Å². The molecule has 136 valence electrons. The van der Waals surface area contributed by atoms with Crippen LogP contribution in [0.4, 0.5) is 5.69 Å². The lowest BCUT2D eigenvalue weighted by Crippen LogP contribution is -2.50. The molecule has 3 aromatic rings. The summed E-state index contributed by atoms with van der Waals surface area (Å²) in [6, 6.07) is 17.2. The molecule has 1 fully saturated rings. The number of hydrogen-bond acceptors (Lipinski definition) is 2. The number of Topliss-reactive ketones (excluding diaryl/α,β-unsaturated/α-hetero) is 1. The lowest BCUT2D eigenvalue weighted by molar-refractivity contribution is 0.0895. The van der Waals surface area contributed by atoms with E-state index in [0.717, 1.165) is 49.8 Å². The molecular weight excluding hydrogens is 332 g/mol. The van der Waals surface area contributed by atoms with Crippen LogP contribution < -0.4 is 4.90 Å². The van der Waals surface area contributed by atoms with Gasteiger partial charge < -0.3 is 9.88 Å². The smallest absolute Gasteiger partial charge is 0.190 e. The number of benzene rings is 2. The average molecular weight is 356 g/mol. The highest BCUT2D eigenvalue weighted by Crippen LogP contribution is 2.53. The fourth-order valence-corrected chi connectivity index (χ4v) is 6.01. The highest BCUT2D eigenvalue weighted by molar-refractivity contribution is 6.14. The number of aryl methyl sites for hydroxylation is 1. The number of rotatable bonds is 1. The molecule has 27 heavy (non-hydrogen) atoms. The van der Waals surface area contributed by atoms with Gasteiger partial charge in [0.2, 0.25) is 0 Å². The van der Waals surface area contributed by atoms with Gasteiger partial charge in [-0.3, -0.25) is 4.79 Å². The van der Waals surface area contributed by atoms with Gasteiger partial charge in [-0.05, 0) is 55.9 Å². The van der Waals surface area contributed by atoms with E-state index in [0.29, 0.717) is 5.78 Å². The quantitative estimate of drug-likeness (QED) is 0.619. The molecule has 0 bridgehead atoms. The number of anilines is 1. The zero-order valence-electron chi connectivity index (χ0n) is 15.5. The maximum atomic E-state index is 13.5. The first-order valence-corrected chi connectivity index (χ1v) is 10.3. The number of nitrogens with zero attached hydrogens (tertiary/aromatic N) is 1. The lowest BCUT2D eigenvalue weighted by atomic mass is 9.85. The summed E-state index contributed by atoms with van der Waals surface area (Å²) < 4.78 is 0. The van der Waals surface area contributed by atoms with E-state index in [-0.39, 0.29) is 11.6 Å². The Hall–Kier alpha value is -2.55. The highest BCUT2D eigenvalue weighted by atomic mass is 16.1. The molecule has 0 saturated heterocycles. The molecule has 0 radical (unpaired) electrons. The molecule has 1 N–H and O–H groups in total. The van der Waals surface area contributed by atoms with Crippen molar-refractivity contribution < 1.29 is 4.79 Å². The summed E-state index contributed by atoms with van der Waals surface area (Å²) in [5, 5.41) is 1.36. The molecular formula is C24H24N2O. The number of aromatic nitrogens is 1. The number of carbonyl (C=O) groups is 1. The van der Waals surface area contributed by atoms with Crippen molar-refractivity contribution in [1.82, 2.24) is 4.98 Å². The minimum absolute atomic E-state index is 0.270. The molecule has 2 aromatic carbocycles. The number of hydrogen-bond donors (Lipinski definition) is 1. The fraction of sp³-hybridized carbons (Fsp3) is 0.375. The maximum absolute atomic E-state index is 13.5. The largest absolute Gasteiger partial charge is 0.356 e. The molecule has 0 amide bonds. The fourth-order valence-electron chi connectivity index (χ4n) is 6.01. The van der Waals surface area contributed by atoms with Gasteiger partial charge in [-0.25, -0.2) is 0 Å². The van der Waals surface area contributed by atoms with Crippen molar-refractivity contribution in [3.05, 3.63) is 65.4 Å². The van der Waals surface area contributed by atoms with Crippen molar-refractivity contribution in [1.29, 1.82) is 0 Å². The maximum Gasteiger partial charge on any atom is 0.190 e. The Balaban J connectivity index is 1.57. The molecule has 1 aromatic heterocycles. The third-order valence-corrected chi connectivity index (χ3v) is 7.12. The van der Waals surface area contributed by atoms with Crippen LogP contribution in [0.3, 0.4) is 0 Å². The Morgan fingerprint density at radius 2 is 1.74 bits per heavy atom. The van der Waals surface area contributed by atoms with Crippen LogP contribution in [0.15, 0.2) is 48.5 Å². The van der Waals surface area contributed by atoms with E-state index in [4.69, 9.17) is 0 Å². The van der Waals surface area contributed by atoms with Gasteiger partial charge >= 0.3 is 0 Å². The number of ketones is 1. The monoisotopic (exact) mass is 356 g/mol. The Kier molecular flexibility index (Phi) is 3.15. The zero-order chi connectivity index (χ0) is 18.0. The molecule has 6 rings (SSSR count). The Labute approximate surface area is 159 Å². The van der Waals surface area contributed by atoms with Gasteiger partial charge in [-0.2, -0.15) is 0 Å². The lowest BCUT2D eigenvalue weighted by Gasteiger charge is -2.43. The topological polar surface area (TPSA) is 36.1 Å². The molecule has 1 saturated carbocycles. The van der Waals surface area contributed by atoms with Crippen LogP contribution in [-0.2, 0) is 6.42 Å². The average Bonchev–Trinajstić information content (AvgIpc) is 3.39. The first-order chi connectivity index (χ1) is 13.3. The molecule has 1 spiro atoms. The van der Waals surface area contributed by atoms with Gasteiger partial charge in [0.05, 0.1) is 6.04 Å². The van der Waals surface area contributed by atoms with Crippen molar-refractivity contribution in [2.24, 2.45) is 0 Å². The van der Waals surface area contributed by atoms with Crippen molar-refractivity contribution in [3.8, 4) is 0 Å². The standard InChI is InChI=1S/C24H24N2O/c27-23-18-9-2-4-12-20(18)26(24(23)14-5-6-15-24)21-13-7-10-17-16-8-1-3-11-19(16)25-22(17)21/h1-4,8-9,11-12,21,25H,5-7,10,13-15H2. The van der Waals surface area contributed by atoms with Crippen LogP contribution in [0.1, 0.15) is 66.2 Å². The van der Waals surface area contributed by atoms with Gasteiger partial charge in [0, 0.05) is 27.8 Å². The number of fused-ring (bicyclic) bond motifs is 4. The second-order valence-corrected chi connectivity index (χ2v) is 8.43. The second-order valence-electron chi connectivity index (χ2n) is 8.43. The van der Waals surface area contributed by atoms with E-state index >= 15 is 0 Å². The number of carbonyl (C=O) groups excluding carboxylic acids is 1. The first-order valence-electron chi connectivity index (χ1n) is 10.3. The highest BCUT2D eigenvalue weighted by Gasteiger charge is 2.55. The summed E-state index contributed by atoms with van der Waals surface area (Å²) in [5.74, 6) is 0.360. The summed E-state index contributed by atoms with van der Waals surface area (Å²) >= 11 is 0. The van der Waals surface area contributed by atoms with Gasteiger partial charge in [0.25, 0.3) is 0 Å². The van der Waals surface area contributed by atoms with Crippen molar-refractivity contribution in [2.45, 2.75) is 56.5 Å². The van der Waals surface area contributed by atoms with Crippen molar-refractivity contribution in [3.63, 3.8) is 0 Å². The van der Waals surface area contributed by atoms with E-state index in [2.05, 4.69) is 46.3 Å². The van der Waals surface area contributed by atoms with Crippen LogP contribution in [-0.4, -0.2) is 16.3 Å². The SMILES string of the molecule is O=C1c2ccccc2N(C2CCCc3c2[nH]c2ccccc32)C12CCCC2. The van der Waals surface area contributed by atoms with E-state index in [1.807, 2.05) is 12.1 Å². The van der Waals surface area contributed by atoms with E-state index in [1.165, 1.54) is 28.6 Å². The summed E-state index contributed by atoms with van der Waals surface area (Å²) in [5.41, 5.74) is 5.81. The summed E-state index contributed by atoms with van der Waals surface area (Å²) in [7, 11) is 0. The minimum atomic E-state index is -0.319. The van der Waals surface area contributed by atoms with Gasteiger partial charge in [-0.15, -0.1) is 0 Å². The predicted molar refractivity (Wildman–Crippen MR) is 108 cm³/mol. The molecule has 2 aliphatic carbocycles. The Morgan fingerprint density at radius 1 is 0.963 bits per heavy atom. The second kappa shape index (κ2) is 5.48. The van der Waals surface area contributed by atoms with Crippen LogP contribution in [0.5, 0.6) is 0 Å². The predicted octanol–water partition coefficient (Wildman–Crippen LogP) is 5.56. The molecule has 2 heterocycles. The van der Waals surface area contributed by atoms with Crippen molar-refractivity contribution in [2.75, 3.05) is 4.90 Å². The summed E-state index contributed by atoms with van der Waals surface area (Å²) in [4.78, 5) is 19.8. The minimum Gasteiger partial charge on any atom is -0.356 e. The Bertz CT molecular complexity index is 1060. The molecule has 1 aliphatic heterocycles. The van der Waals surface area contributed by atoms with Crippen molar-refractivity contribution >= 4 is 22.4 Å². The van der Waals surface area contributed by atoms with E-state index < -0.39 is 0 Å². The molecule has 3 aliphatic rings. The molecule has 3 nitrogen and oxygen atoms in total. The van der Waals surface area contributed by atoms with Gasteiger partial charge in [-0.1, -0.05) is 43.2 Å². The third kappa shape index (κ3) is 1.95. The van der Waals surface area contributed by atoms with Crippen LogP contribution >= 0.6 is 0 Å². The van der Waals surface area contributed by atoms with Crippen LogP contribution in [0.2, 0.25) is 0 Å². The van der Waals surface area contributed by atoms with E-state index in [1.54, 1.807) is 0 Å². The Morgan fingerprint density at radius 3 is 2.63 bits per heavy atom. The first kappa shape index (κ1) is 15.5. The summed E-state index contributed by atoms with van der Waals surface area (Å²) in [6.45, 7) is 0. The van der Waals surface area contributed by atoms with Gasteiger partial charge in [0.15, 0.2) is 5.78 Å². The molecule has 1 unspecified atom stereocenters. The van der Waals surface area contributed by atoms with Crippen LogP contribution in [0, 0.1) is 0 Å². The number of nitrogens with one attached hydrogen (secondary N) is 1. The van der Waals surface area contributed by atoms with E-state index in [9.17, 15) is 4.79 Å². The summed E-state index contributed by atoms with van der Waals surface area (Å²) in [6.07, 6.45) is 7.72. The molecule has 1 atom stereocenters.